The maximum atomic E-state index is 12.8. The van der Waals surface area contributed by atoms with Crippen molar-refractivity contribution in [2.45, 2.75) is 19.8 Å². The molecule has 1 N–H and O–H groups in total. The second kappa shape index (κ2) is 8.82. The highest BCUT2D eigenvalue weighted by atomic mass is 16.5. The Morgan fingerprint density at radius 2 is 1.77 bits per heavy atom. The number of hydrogen-bond acceptors (Lipinski definition) is 3. The van der Waals surface area contributed by atoms with Crippen molar-refractivity contribution in [1.29, 1.82) is 0 Å². The molecule has 0 bridgehead atoms. The number of anilines is 1. The van der Waals surface area contributed by atoms with Gasteiger partial charge < -0.3 is 14.6 Å². The number of fused-ring (bicyclic) bond motifs is 1. The number of nitrogens with one attached hydrogen (secondary N) is 1. The van der Waals surface area contributed by atoms with Crippen LogP contribution in [0, 0.1) is 0 Å². The summed E-state index contributed by atoms with van der Waals surface area (Å²) in [5, 5.41) is 2.97. The lowest BCUT2D eigenvalue weighted by atomic mass is 10.1. The summed E-state index contributed by atoms with van der Waals surface area (Å²) in [6.45, 7) is 2.41. The molecule has 30 heavy (non-hydrogen) atoms. The monoisotopic (exact) mass is 399 g/mol. The topological polar surface area (TPSA) is 56.1 Å². The van der Waals surface area contributed by atoms with E-state index in [1.165, 1.54) is 5.56 Å². The fraction of sp³-hybridized carbons (Fsp3) is 0.200. The summed E-state index contributed by atoms with van der Waals surface area (Å²) >= 11 is 0. The van der Waals surface area contributed by atoms with Gasteiger partial charge in [0.15, 0.2) is 0 Å². The molecule has 4 rings (SSSR count). The van der Waals surface area contributed by atoms with Gasteiger partial charge in [0.25, 0.3) is 5.91 Å². The molecule has 1 aromatic heterocycles. The number of amides is 1. The van der Waals surface area contributed by atoms with Crippen LogP contribution in [0.3, 0.4) is 0 Å². The Hall–Kier alpha value is -3.60. The van der Waals surface area contributed by atoms with Crippen LogP contribution in [-0.2, 0) is 19.9 Å². The van der Waals surface area contributed by atoms with Crippen LogP contribution in [-0.4, -0.2) is 22.1 Å². The molecule has 0 aliphatic carbocycles. The standard InChI is InChI=1S/C25H25N3O2/c1-3-30-23-12-8-7-11-20(23)25(29)26-19-14-15-22-21(17-19)27-24(28(22)2)16-13-18-9-5-4-6-10-18/h4-12,14-15,17H,3,13,16H2,1-2H3,(H,26,29). The number of hydrogen-bond donors (Lipinski definition) is 1. The fourth-order valence-corrected chi connectivity index (χ4v) is 3.59. The Morgan fingerprint density at radius 1 is 1.00 bits per heavy atom. The van der Waals surface area contributed by atoms with Crippen molar-refractivity contribution in [3.8, 4) is 5.75 Å². The maximum Gasteiger partial charge on any atom is 0.259 e. The first-order valence-corrected chi connectivity index (χ1v) is 10.2. The van der Waals surface area contributed by atoms with Gasteiger partial charge in [0.05, 0.1) is 23.2 Å². The molecule has 0 spiro atoms. The molecule has 0 saturated carbocycles. The molecule has 0 atom stereocenters. The summed E-state index contributed by atoms with van der Waals surface area (Å²) in [6, 6.07) is 23.5. The molecule has 152 valence electrons. The SMILES string of the molecule is CCOc1ccccc1C(=O)Nc1ccc2c(c1)nc(CCc1ccccc1)n2C. The van der Waals surface area contributed by atoms with Crippen molar-refractivity contribution in [2.24, 2.45) is 7.05 Å². The van der Waals surface area contributed by atoms with E-state index < -0.39 is 0 Å². The van der Waals surface area contributed by atoms with Crippen LogP contribution in [0.1, 0.15) is 28.7 Å². The molecule has 1 amide bonds. The largest absolute Gasteiger partial charge is 0.493 e. The number of ether oxygens (including phenoxy) is 1. The number of nitrogens with zero attached hydrogens (tertiary/aromatic N) is 2. The zero-order valence-corrected chi connectivity index (χ0v) is 17.3. The minimum atomic E-state index is -0.196. The van der Waals surface area contributed by atoms with Crippen LogP contribution in [0.25, 0.3) is 11.0 Å². The quantitative estimate of drug-likeness (QED) is 0.475. The highest BCUT2D eigenvalue weighted by molar-refractivity contribution is 6.06. The van der Waals surface area contributed by atoms with Gasteiger partial charge in [0, 0.05) is 19.2 Å². The highest BCUT2D eigenvalue weighted by Crippen LogP contribution is 2.23. The van der Waals surface area contributed by atoms with Crippen molar-refractivity contribution < 1.29 is 9.53 Å². The zero-order chi connectivity index (χ0) is 20.9. The minimum Gasteiger partial charge on any atom is -0.493 e. The summed E-state index contributed by atoms with van der Waals surface area (Å²) in [5.74, 6) is 1.41. The van der Waals surface area contributed by atoms with Gasteiger partial charge in [-0.15, -0.1) is 0 Å². The van der Waals surface area contributed by atoms with Crippen molar-refractivity contribution in [3.05, 3.63) is 89.7 Å². The lowest BCUT2D eigenvalue weighted by Crippen LogP contribution is -2.13. The average Bonchev–Trinajstić information content (AvgIpc) is 3.08. The number of imidazole rings is 1. The Morgan fingerprint density at radius 3 is 2.57 bits per heavy atom. The number of rotatable bonds is 7. The van der Waals surface area contributed by atoms with Crippen molar-refractivity contribution in [3.63, 3.8) is 0 Å². The third kappa shape index (κ3) is 4.20. The van der Waals surface area contributed by atoms with Crippen molar-refractivity contribution in [2.75, 3.05) is 11.9 Å². The normalized spacial score (nSPS) is 10.9. The van der Waals surface area contributed by atoms with E-state index in [9.17, 15) is 4.79 Å². The van der Waals surface area contributed by atoms with Gasteiger partial charge in [-0.25, -0.2) is 4.98 Å². The molecule has 4 aromatic rings. The van der Waals surface area contributed by atoms with E-state index in [2.05, 4.69) is 34.1 Å². The number of aromatic nitrogens is 2. The number of carbonyl (C=O) groups is 1. The van der Waals surface area contributed by atoms with Gasteiger partial charge in [-0.3, -0.25) is 4.79 Å². The summed E-state index contributed by atoms with van der Waals surface area (Å²) in [5.41, 5.74) is 4.45. The average molecular weight is 399 g/mol. The number of benzene rings is 3. The summed E-state index contributed by atoms with van der Waals surface area (Å²) in [4.78, 5) is 17.6. The van der Waals surface area contributed by atoms with E-state index in [1.54, 1.807) is 12.1 Å². The van der Waals surface area contributed by atoms with Crippen molar-refractivity contribution in [1.82, 2.24) is 9.55 Å². The lowest BCUT2D eigenvalue weighted by molar-refractivity contribution is 0.102. The first kappa shape index (κ1) is 19.7. The fourth-order valence-electron chi connectivity index (χ4n) is 3.59. The third-order valence-electron chi connectivity index (χ3n) is 5.14. The molecule has 0 radical (unpaired) electrons. The van der Waals surface area contributed by atoms with Crippen LogP contribution in [0.5, 0.6) is 5.75 Å². The van der Waals surface area contributed by atoms with Crippen LogP contribution in [0.4, 0.5) is 5.69 Å². The Labute approximate surface area is 176 Å². The first-order valence-electron chi connectivity index (χ1n) is 10.2. The van der Waals surface area contributed by atoms with Gasteiger partial charge >= 0.3 is 0 Å². The van der Waals surface area contributed by atoms with Gasteiger partial charge in [-0.2, -0.15) is 0 Å². The van der Waals surface area contributed by atoms with E-state index in [4.69, 9.17) is 9.72 Å². The van der Waals surface area contributed by atoms with Crippen LogP contribution >= 0.6 is 0 Å². The van der Waals surface area contributed by atoms with E-state index >= 15 is 0 Å². The van der Waals surface area contributed by atoms with Crippen LogP contribution in [0.15, 0.2) is 72.8 Å². The van der Waals surface area contributed by atoms with E-state index in [0.29, 0.717) is 23.6 Å². The molecule has 0 unspecified atom stereocenters. The van der Waals surface area contributed by atoms with Crippen LogP contribution < -0.4 is 10.1 Å². The molecule has 0 saturated heterocycles. The summed E-state index contributed by atoms with van der Waals surface area (Å²) in [7, 11) is 2.03. The second-order valence-corrected chi connectivity index (χ2v) is 7.16. The summed E-state index contributed by atoms with van der Waals surface area (Å²) in [6.07, 6.45) is 1.80. The molecule has 5 nitrogen and oxygen atoms in total. The van der Waals surface area contributed by atoms with Crippen molar-refractivity contribution >= 4 is 22.6 Å². The van der Waals surface area contributed by atoms with E-state index in [1.807, 2.05) is 50.4 Å². The molecular formula is C25H25N3O2. The Bertz CT molecular complexity index is 1170. The predicted molar refractivity (Wildman–Crippen MR) is 120 cm³/mol. The Kier molecular flexibility index (Phi) is 5.80. The molecular weight excluding hydrogens is 374 g/mol. The Balaban J connectivity index is 1.53. The molecule has 0 aliphatic heterocycles. The number of para-hydroxylation sites is 1. The van der Waals surface area contributed by atoms with Gasteiger partial charge in [0.2, 0.25) is 0 Å². The lowest BCUT2D eigenvalue weighted by Gasteiger charge is -2.10. The van der Waals surface area contributed by atoms with E-state index in [-0.39, 0.29) is 5.91 Å². The van der Waals surface area contributed by atoms with Gasteiger partial charge in [-0.05, 0) is 49.2 Å². The zero-order valence-electron chi connectivity index (χ0n) is 17.3. The maximum absolute atomic E-state index is 12.8. The first-order chi connectivity index (χ1) is 14.7. The highest BCUT2D eigenvalue weighted by Gasteiger charge is 2.14. The van der Waals surface area contributed by atoms with Gasteiger partial charge in [0.1, 0.15) is 11.6 Å². The molecule has 3 aromatic carbocycles. The van der Waals surface area contributed by atoms with Gasteiger partial charge in [-0.1, -0.05) is 42.5 Å². The van der Waals surface area contributed by atoms with Crippen LogP contribution in [0.2, 0.25) is 0 Å². The molecule has 5 heteroatoms. The number of carbonyl (C=O) groups excluding carboxylic acids is 1. The smallest absolute Gasteiger partial charge is 0.259 e. The summed E-state index contributed by atoms with van der Waals surface area (Å²) < 4.78 is 7.69. The third-order valence-corrected chi connectivity index (χ3v) is 5.14. The molecule has 1 heterocycles. The predicted octanol–water partition coefficient (Wildman–Crippen LogP) is 5.01. The van der Waals surface area contributed by atoms with E-state index in [0.717, 1.165) is 29.7 Å². The molecule has 0 aliphatic rings. The number of aryl methyl sites for hydroxylation is 3. The molecule has 0 fully saturated rings. The minimum absolute atomic E-state index is 0.196. The second-order valence-electron chi connectivity index (χ2n) is 7.16.